The van der Waals surface area contributed by atoms with E-state index < -0.39 is 0 Å². The van der Waals surface area contributed by atoms with E-state index in [0.29, 0.717) is 5.89 Å². The van der Waals surface area contributed by atoms with Gasteiger partial charge in [0.05, 0.1) is 6.04 Å². The summed E-state index contributed by atoms with van der Waals surface area (Å²) in [6, 6.07) is 10.6. The minimum Gasteiger partial charge on any atom is -0.424 e. The maximum absolute atomic E-state index is 5.59. The molecular weight excluding hydrogens is 226 g/mol. The molecule has 0 bridgehead atoms. The Kier molecular flexibility index (Phi) is 4.47. The monoisotopic (exact) mass is 245 g/mol. The van der Waals surface area contributed by atoms with E-state index in [1.165, 1.54) is 5.56 Å². The predicted octanol–water partition coefficient (Wildman–Crippen LogP) is 2.53. The maximum Gasteiger partial charge on any atom is 0.233 e. The Morgan fingerprint density at radius 1 is 1.17 bits per heavy atom. The van der Waals surface area contributed by atoms with Gasteiger partial charge in [-0.15, -0.1) is 10.2 Å². The van der Waals surface area contributed by atoms with E-state index in [9.17, 15) is 0 Å². The van der Waals surface area contributed by atoms with E-state index in [-0.39, 0.29) is 6.04 Å². The smallest absolute Gasteiger partial charge is 0.233 e. The molecular formula is C14H19N3O. The summed E-state index contributed by atoms with van der Waals surface area (Å²) in [5.41, 5.74) is 1.35. The highest BCUT2D eigenvalue weighted by Gasteiger charge is 2.11. The van der Waals surface area contributed by atoms with Gasteiger partial charge in [0.1, 0.15) is 0 Å². The number of hydrogen-bond acceptors (Lipinski definition) is 4. The van der Waals surface area contributed by atoms with Crippen LogP contribution < -0.4 is 5.32 Å². The first-order valence-corrected chi connectivity index (χ1v) is 6.33. The standard InChI is InChI=1S/C14H19N3O/c1-11(15-2)14-17-16-13(18-14)10-6-9-12-7-4-3-5-8-12/h3-5,7-8,11,15H,6,9-10H2,1-2H3. The van der Waals surface area contributed by atoms with Gasteiger partial charge in [0.2, 0.25) is 11.8 Å². The molecule has 0 aliphatic heterocycles. The molecule has 0 fully saturated rings. The van der Waals surface area contributed by atoms with Gasteiger partial charge in [0, 0.05) is 6.42 Å². The van der Waals surface area contributed by atoms with Gasteiger partial charge in [-0.3, -0.25) is 0 Å². The van der Waals surface area contributed by atoms with Crippen LogP contribution in [-0.4, -0.2) is 17.2 Å². The first-order chi connectivity index (χ1) is 8.79. The molecule has 1 atom stereocenters. The van der Waals surface area contributed by atoms with Crippen molar-refractivity contribution in [2.75, 3.05) is 7.05 Å². The SMILES string of the molecule is CNC(C)c1nnc(CCCc2ccccc2)o1. The highest BCUT2D eigenvalue weighted by molar-refractivity contribution is 5.14. The van der Waals surface area contributed by atoms with Crippen molar-refractivity contribution in [2.24, 2.45) is 0 Å². The lowest BCUT2D eigenvalue weighted by Gasteiger charge is -2.02. The summed E-state index contributed by atoms with van der Waals surface area (Å²) in [6.07, 6.45) is 2.90. The van der Waals surface area contributed by atoms with Crippen molar-refractivity contribution >= 4 is 0 Å². The molecule has 2 aromatic rings. The number of hydrogen-bond donors (Lipinski definition) is 1. The summed E-state index contributed by atoms with van der Waals surface area (Å²) in [5.74, 6) is 1.38. The molecule has 2 rings (SSSR count). The molecule has 0 saturated carbocycles. The van der Waals surface area contributed by atoms with Crippen LogP contribution in [0.1, 0.15) is 36.7 Å². The second-order valence-corrected chi connectivity index (χ2v) is 4.38. The zero-order chi connectivity index (χ0) is 12.8. The van der Waals surface area contributed by atoms with Crippen LogP contribution in [0.5, 0.6) is 0 Å². The van der Waals surface area contributed by atoms with Crippen LogP contribution in [0.25, 0.3) is 0 Å². The van der Waals surface area contributed by atoms with Gasteiger partial charge in [-0.2, -0.15) is 0 Å². The third kappa shape index (κ3) is 3.40. The molecule has 0 aliphatic rings. The van der Waals surface area contributed by atoms with Crippen molar-refractivity contribution in [3.05, 3.63) is 47.7 Å². The Morgan fingerprint density at radius 3 is 2.67 bits per heavy atom. The average Bonchev–Trinajstić information content (AvgIpc) is 2.88. The molecule has 4 heteroatoms. The molecule has 18 heavy (non-hydrogen) atoms. The summed E-state index contributed by atoms with van der Waals surface area (Å²) < 4.78 is 5.59. The number of nitrogens with one attached hydrogen (secondary N) is 1. The fourth-order valence-electron chi connectivity index (χ4n) is 1.75. The van der Waals surface area contributed by atoms with E-state index in [0.717, 1.165) is 25.2 Å². The van der Waals surface area contributed by atoms with Crippen molar-refractivity contribution in [1.29, 1.82) is 0 Å². The number of aromatic nitrogens is 2. The molecule has 0 radical (unpaired) electrons. The van der Waals surface area contributed by atoms with Crippen molar-refractivity contribution < 1.29 is 4.42 Å². The topological polar surface area (TPSA) is 51.0 Å². The zero-order valence-corrected chi connectivity index (χ0v) is 10.9. The van der Waals surface area contributed by atoms with Crippen LogP contribution in [0.2, 0.25) is 0 Å². The lowest BCUT2D eigenvalue weighted by atomic mass is 10.1. The minimum atomic E-state index is 0.111. The zero-order valence-electron chi connectivity index (χ0n) is 10.9. The predicted molar refractivity (Wildman–Crippen MR) is 70.2 cm³/mol. The Balaban J connectivity index is 1.82. The van der Waals surface area contributed by atoms with Crippen LogP contribution >= 0.6 is 0 Å². The Hall–Kier alpha value is -1.68. The molecule has 0 saturated heterocycles. The van der Waals surface area contributed by atoms with Gasteiger partial charge < -0.3 is 9.73 Å². The van der Waals surface area contributed by atoms with Crippen molar-refractivity contribution in [3.63, 3.8) is 0 Å². The van der Waals surface area contributed by atoms with E-state index >= 15 is 0 Å². The third-order valence-electron chi connectivity index (χ3n) is 2.98. The molecule has 96 valence electrons. The highest BCUT2D eigenvalue weighted by atomic mass is 16.4. The van der Waals surface area contributed by atoms with Crippen molar-refractivity contribution in [3.8, 4) is 0 Å². The van der Waals surface area contributed by atoms with Gasteiger partial charge in [-0.25, -0.2) is 0 Å². The minimum absolute atomic E-state index is 0.111. The molecule has 0 spiro atoms. The number of benzene rings is 1. The van der Waals surface area contributed by atoms with Crippen molar-refractivity contribution in [2.45, 2.75) is 32.2 Å². The quantitative estimate of drug-likeness (QED) is 0.849. The summed E-state index contributed by atoms with van der Waals surface area (Å²) in [5, 5.41) is 11.2. The molecule has 4 nitrogen and oxygen atoms in total. The van der Waals surface area contributed by atoms with Gasteiger partial charge in [0.25, 0.3) is 0 Å². The molecule has 1 aromatic carbocycles. The second kappa shape index (κ2) is 6.31. The van der Waals surface area contributed by atoms with Gasteiger partial charge in [0.15, 0.2) is 0 Å². The number of rotatable bonds is 6. The first-order valence-electron chi connectivity index (χ1n) is 6.33. The summed E-state index contributed by atoms with van der Waals surface area (Å²) in [7, 11) is 1.88. The molecule has 0 amide bonds. The number of nitrogens with zero attached hydrogens (tertiary/aromatic N) is 2. The van der Waals surface area contributed by atoms with E-state index in [2.05, 4.69) is 39.8 Å². The maximum atomic E-state index is 5.59. The second-order valence-electron chi connectivity index (χ2n) is 4.38. The summed E-state index contributed by atoms with van der Waals surface area (Å²) in [4.78, 5) is 0. The van der Waals surface area contributed by atoms with E-state index in [4.69, 9.17) is 4.42 Å². The third-order valence-corrected chi connectivity index (χ3v) is 2.98. The molecule has 1 unspecified atom stereocenters. The van der Waals surface area contributed by atoms with Crippen LogP contribution in [0.4, 0.5) is 0 Å². The molecule has 1 heterocycles. The number of aryl methyl sites for hydroxylation is 2. The Labute approximate surface area is 107 Å². The van der Waals surface area contributed by atoms with Gasteiger partial charge >= 0.3 is 0 Å². The van der Waals surface area contributed by atoms with Crippen LogP contribution in [0.3, 0.4) is 0 Å². The fourth-order valence-corrected chi connectivity index (χ4v) is 1.75. The molecule has 1 N–H and O–H groups in total. The normalized spacial score (nSPS) is 12.6. The molecule has 1 aromatic heterocycles. The Bertz CT molecular complexity index is 467. The fraction of sp³-hybridized carbons (Fsp3) is 0.429. The largest absolute Gasteiger partial charge is 0.424 e. The van der Waals surface area contributed by atoms with Crippen LogP contribution in [0, 0.1) is 0 Å². The van der Waals surface area contributed by atoms with E-state index in [1.54, 1.807) is 0 Å². The average molecular weight is 245 g/mol. The highest BCUT2D eigenvalue weighted by Crippen LogP contribution is 2.12. The summed E-state index contributed by atoms with van der Waals surface area (Å²) >= 11 is 0. The lowest BCUT2D eigenvalue weighted by Crippen LogP contribution is -2.12. The lowest BCUT2D eigenvalue weighted by molar-refractivity contribution is 0.402. The van der Waals surface area contributed by atoms with E-state index in [1.807, 2.05) is 20.0 Å². The van der Waals surface area contributed by atoms with Gasteiger partial charge in [-0.1, -0.05) is 30.3 Å². The molecule has 0 aliphatic carbocycles. The summed E-state index contributed by atoms with van der Waals surface area (Å²) in [6.45, 7) is 2.00. The van der Waals surface area contributed by atoms with Crippen molar-refractivity contribution in [1.82, 2.24) is 15.5 Å². The van der Waals surface area contributed by atoms with Gasteiger partial charge in [-0.05, 0) is 32.4 Å². The first kappa shape index (κ1) is 12.8. The van der Waals surface area contributed by atoms with Crippen LogP contribution in [-0.2, 0) is 12.8 Å². The Morgan fingerprint density at radius 2 is 1.94 bits per heavy atom. The van der Waals surface area contributed by atoms with Crippen LogP contribution in [0.15, 0.2) is 34.7 Å².